The molecule has 0 bridgehead atoms. The van der Waals surface area contributed by atoms with E-state index in [2.05, 4.69) is 16.4 Å². The van der Waals surface area contributed by atoms with Gasteiger partial charge in [-0.25, -0.2) is 4.98 Å². The zero-order chi connectivity index (χ0) is 9.10. The normalized spacial score (nSPS) is 18.8. The van der Waals surface area contributed by atoms with Crippen LogP contribution in [0, 0.1) is 0 Å². The van der Waals surface area contributed by atoms with Gasteiger partial charge in [0.15, 0.2) is 0 Å². The minimum Gasteiger partial charge on any atom is -0.384 e. The Hall–Kier alpha value is -1.09. The van der Waals surface area contributed by atoms with Crippen LogP contribution in [0.3, 0.4) is 0 Å². The van der Waals surface area contributed by atoms with Crippen LogP contribution in [-0.4, -0.2) is 18.1 Å². The molecule has 2 rings (SSSR count). The minimum atomic E-state index is 0.635. The first-order valence-corrected chi connectivity index (χ1v) is 4.78. The van der Waals surface area contributed by atoms with E-state index in [0.717, 1.165) is 13.1 Å². The number of pyridine rings is 1. The number of hydrogen-bond acceptors (Lipinski definition) is 3. The van der Waals surface area contributed by atoms with E-state index in [1.54, 1.807) is 6.20 Å². The van der Waals surface area contributed by atoms with Crippen molar-refractivity contribution in [1.82, 2.24) is 10.3 Å². The Kier molecular flexibility index (Phi) is 2.45. The lowest BCUT2D eigenvalue weighted by Gasteiger charge is -2.22. The first-order chi connectivity index (χ1) is 6.36. The number of anilines is 1. The highest BCUT2D eigenvalue weighted by molar-refractivity contribution is 5.33. The molecule has 0 atom stereocenters. The molecule has 0 amide bonds. The lowest BCUT2D eigenvalue weighted by Crippen LogP contribution is -2.26. The largest absolute Gasteiger partial charge is 0.384 e. The summed E-state index contributed by atoms with van der Waals surface area (Å²) in [5.74, 6) is 1.31. The molecular weight excluding hydrogens is 162 g/mol. The summed E-state index contributed by atoms with van der Waals surface area (Å²) in [6, 6.07) is 4.07. The van der Waals surface area contributed by atoms with Gasteiger partial charge in [-0.3, -0.25) is 0 Å². The Bertz CT molecular complexity index is 279. The fraction of sp³-hybridized carbons (Fsp3) is 0.500. The van der Waals surface area contributed by atoms with E-state index < -0.39 is 0 Å². The van der Waals surface area contributed by atoms with Crippen molar-refractivity contribution in [3.8, 4) is 0 Å². The Balaban J connectivity index is 2.14. The van der Waals surface area contributed by atoms with Gasteiger partial charge in [0, 0.05) is 6.20 Å². The smallest absolute Gasteiger partial charge is 0.123 e. The average Bonchev–Trinajstić information content (AvgIpc) is 2.19. The molecule has 0 radical (unpaired) electrons. The van der Waals surface area contributed by atoms with Crippen LogP contribution < -0.4 is 11.1 Å². The average molecular weight is 177 g/mol. The summed E-state index contributed by atoms with van der Waals surface area (Å²) in [6.07, 6.45) is 4.22. The van der Waals surface area contributed by atoms with Crippen molar-refractivity contribution in [2.75, 3.05) is 18.8 Å². The molecular formula is C10H15N3. The molecule has 1 aromatic heterocycles. The van der Waals surface area contributed by atoms with Gasteiger partial charge < -0.3 is 11.1 Å². The third kappa shape index (κ3) is 1.98. The third-order valence-corrected chi connectivity index (χ3v) is 2.62. The first kappa shape index (κ1) is 8.51. The van der Waals surface area contributed by atoms with Crippen LogP contribution in [0.5, 0.6) is 0 Å². The molecule has 0 aliphatic carbocycles. The maximum atomic E-state index is 5.64. The maximum absolute atomic E-state index is 5.64. The number of rotatable bonds is 1. The Morgan fingerprint density at radius 3 is 2.85 bits per heavy atom. The lowest BCUT2D eigenvalue weighted by atomic mass is 9.91. The van der Waals surface area contributed by atoms with E-state index in [9.17, 15) is 0 Å². The molecule has 1 aromatic rings. The van der Waals surface area contributed by atoms with Crippen molar-refractivity contribution >= 4 is 5.82 Å². The summed E-state index contributed by atoms with van der Waals surface area (Å²) in [5.41, 5.74) is 6.98. The van der Waals surface area contributed by atoms with Crippen LogP contribution in [0.4, 0.5) is 5.82 Å². The molecule has 0 aromatic carbocycles. The van der Waals surface area contributed by atoms with Crippen molar-refractivity contribution in [1.29, 1.82) is 0 Å². The predicted molar refractivity (Wildman–Crippen MR) is 53.5 cm³/mol. The lowest BCUT2D eigenvalue weighted by molar-refractivity contribution is 0.460. The van der Waals surface area contributed by atoms with Crippen molar-refractivity contribution in [2.24, 2.45) is 0 Å². The molecule has 3 nitrogen and oxygen atoms in total. The molecule has 1 fully saturated rings. The number of nitrogens with one attached hydrogen (secondary N) is 1. The summed E-state index contributed by atoms with van der Waals surface area (Å²) in [5, 5.41) is 3.35. The number of nitrogens with zero attached hydrogens (tertiary/aromatic N) is 1. The molecule has 0 unspecified atom stereocenters. The van der Waals surface area contributed by atoms with E-state index in [1.165, 1.54) is 18.4 Å². The molecule has 1 aliphatic heterocycles. The van der Waals surface area contributed by atoms with Gasteiger partial charge in [0.1, 0.15) is 5.82 Å². The van der Waals surface area contributed by atoms with Gasteiger partial charge in [-0.15, -0.1) is 0 Å². The fourth-order valence-corrected chi connectivity index (χ4v) is 1.87. The molecule has 0 saturated carbocycles. The zero-order valence-electron chi connectivity index (χ0n) is 7.66. The Morgan fingerprint density at radius 2 is 2.15 bits per heavy atom. The highest BCUT2D eigenvalue weighted by atomic mass is 14.9. The second-order valence-electron chi connectivity index (χ2n) is 3.54. The van der Waals surface area contributed by atoms with Crippen LogP contribution >= 0.6 is 0 Å². The fourth-order valence-electron chi connectivity index (χ4n) is 1.87. The van der Waals surface area contributed by atoms with E-state index in [4.69, 9.17) is 5.73 Å². The number of aromatic nitrogens is 1. The molecule has 1 saturated heterocycles. The monoisotopic (exact) mass is 177 g/mol. The van der Waals surface area contributed by atoms with E-state index in [0.29, 0.717) is 11.7 Å². The maximum Gasteiger partial charge on any atom is 0.123 e. The summed E-state index contributed by atoms with van der Waals surface area (Å²) in [6.45, 7) is 2.24. The number of nitrogen functional groups attached to an aromatic ring is 1. The van der Waals surface area contributed by atoms with Crippen LogP contribution in [0.2, 0.25) is 0 Å². The summed E-state index contributed by atoms with van der Waals surface area (Å²) in [4.78, 5) is 4.00. The van der Waals surface area contributed by atoms with Crippen molar-refractivity contribution in [3.05, 3.63) is 23.9 Å². The molecule has 3 heteroatoms. The van der Waals surface area contributed by atoms with Crippen LogP contribution in [0.15, 0.2) is 18.3 Å². The summed E-state index contributed by atoms with van der Waals surface area (Å²) in [7, 11) is 0. The molecule has 13 heavy (non-hydrogen) atoms. The molecule has 2 heterocycles. The minimum absolute atomic E-state index is 0.635. The van der Waals surface area contributed by atoms with Gasteiger partial charge in [-0.2, -0.15) is 0 Å². The Labute approximate surface area is 78.4 Å². The summed E-state index contributed by atoms with van der Waals surface area (Å²) >= 11 is 0. The zero-order valence-corrected chi connectivity index (χ0v) is 7.66. The predicted octanol–water partition coefficient (Wildman–Crippen LogP) is 1.13. The van der Waals surface area contributed by atoms with Gasteiger partial charge >= 0.3 is 0 Å². The van der Waals surface area contributed by atoms with Crippen molar-refractivity contribution in [2.45, 2.75) is 18.8 Å². The van der Waals surface area contributed by atoms with Crippen LogP contribution in [0.1, 0.15) is 24.3 Å². The quantitative estimate of drug-likeness (QED) is 0.676. The topological polar surface area (TPSA) is 50.9 Å². The number of hydrogen-bond donors (Lipinski definition) is 2. The highest BCUT2D eigenvalue weighted by Crippen LogP contribution is 2.25. The molecule has 70 valence electrons. The van der Waals surface area contributed by atoms with Crippen molar-refractivity contribution < 1.29 is 0 Å². The first-order valence-electron chi connectivity index (χ1n) is 4.78. The van der Waals surface area contributed by atoms with Crippen LogP contribution in [-0.2, 0) is 0 Å². The van der Waals surface area contributed by atoms with Gasteiger partial charge in [0.25, 0.3) is 0 Å². The number of piperidine rings is 1. The molecule has 3 N–H and O–H groups in total. The highest BCUT2D eigenvalue weighted by Gasteiger charge is 2.14. The van der Waals surface area contributed by atoms with E-state index >= 15 is 0 Å². The van der Waals surface area contributed by atoms with Crippen molar-refractivity contribution in [3.63, 3.8) is 0 Å². The van der Waals surface area contributed by atoms with Gasteiger partial charge in [-0.05, 0) is 49.5 Å². The van der Waals surface area contributed by atoms with E-state index in [1.807, 2.05) is 6.07 Å². The Morgan fingerprint density at radius 1 is 1.38 bits per heavy atom. The van der Waals surface area contributed by atoms with Gasteiger partial charge in [0.2, 0.25) is 0 Å². The van der Waals surface area contributed by atoms with Gasteiger partial charge in [-0.1, -0.05) is 0 Å². The van der Waals surface area contributed by atoms with Gasteiger partial charge in [0.05, 0.1) is 0 Å². The number of nitrogens with two attached hydrogens (primary N) is 1. The second kappa shape index (κ2) is 3.75. The standard InChI is InChI=1S/C10H15N3/c11-10-7-9(3-6-13-10)8-1-4-12-5-2-8/h3,6-8,12H,1-2,4-5H2,(H2,11,13). The second-order valence-corrected chi connectivity index (χ2v) is 3.54. The van der Waals surface area contributed by atoms with E-state index in [-0.39, 0.29) is 0 Å². The molecule has 1 aliphatic rings. The third-order valence-electron chi connectivity index (χ3n) is 2.62. The summed E-state index contributed by atoms with van der Waals surface area (Å²) < 4.78 is 0. The van der Waals surface area contributed by atoms with Crippen LogP contribution in [0.25, 0.3) is 0 Å². The SMILES string of the molecule is Nc1cc(C2CCNCC2)ccn1. The molecule has 0 spiro atoms.